The zero-order valence-electron chi connectivity index (χ0n) is 14.8. The molecule has 3 N–H and O–H groups in total. The number of H-pyrrole nitrogens is 1. The molecule has 1 atom stereocenters. The predicted molar refractivity (Wildman–Crippen MR) is 103 cm³/mol. The summed E-state index contributed by atoms with van der Waals surface area (Å²) in [6.07, 6.45) is 0. The molecule has 9 heteroatoms. The van der Waals surface area contributed by atoms with Gasteiger partial charge in [0.05, 0.1) is 17.2 Å². The molecule has 0 aliphatic heterocycles. The van der Waals surface area contributed by atoms with Crippen molar-refractivity contribution in [2.75, 3.05) is 15.8 Å². The van der Waals surface area contributed by atoms with Crippen LogP contribution in [0.1, 0.15) is 12.5 Å². The Kier molecular flexibility index (Phi) is 5.04. The number of amides is 1. The largest absolute Gasteiger partial charge is 0.417 e. The summed E-state index contributed by atoms with van der Waals surface area (Å²) in [5.41, 5.74) is 2.68. The van der Waals surface area contributed by atoms with Crippen molar-refractivity contribution < 1.29 is 17.6 Å². The standard InChI is InChI=1S/C18H19N3O5S/c1-11-3-5-13(6-4-11)21-27(24,25)10-12(2)17(22)19-14-7-8-15-16(9-14)26-18(23)20-15/h3-9,12,21H,10H2,1-2H3,(H,19,22)(H,20,23). The maximum Gasteiger partial charge on any atom is 0.417 e. The van der Waals surface area contributed by atoms with Crippen LogP contribution in [-0.2, 0) is 14.8 Å². The molecule has 3 rings (SSSR count). The first-order valence-corrected chi connectivity index (χ1v) is 9.88. The lowest BCUT2D eigenvalue weighted by Crippen LogP contribution is -2.29. The molecule has 142 valence electrons. The van der Waals surface area contributed by atoms with Gasteiger partial charge in [0.1, 0.15) is 0 Å². The van der Waals surface area contributed by atoms with Crippen LogP contribution in [0, 0.1) is 12.8 Å². The number of fused-ring (bicyclic) bond motifs is 1. The molecule has 8 nitrogen and oxygen atoms in total. The maximum atomic E-state index is 12.3. The lowest BCUT2D eigenvalue weighted by Gasteiger charge is -2.14. The van der Waals surface area contributed by atoms with Gasteiger partial charge in [-0.3, -0.25) is 14.5 Å². The minimum Gasteiger partial charge on any atom is -0.408 e. The third-order valence-electron chi connectivity index (χ3n) is 3.93. The van der Waals surface area contributed by atoms with Gasteiger partial charge in [-0.2, -0.15) is 0 Å². The number of carbonyl (C=O) groups is 1. The van der Waals surface area contributed by atoms with Crippen LogP contribution in [0.5, 0.6) is 0 Å². The van der Waals surface area contributed by atoms with E-state index in [4.69, 9.17) is 4.42 Å². The molecular weight excluding hydrogens is 370 g/mol. The molecule has 0 spiro atoms. The molecule has 0 radical (unpaired) electrons. The van der Waals surface area contributed by atoms with Crippen LogP contribution in [0.15, 0.2) is 51.7 Å². The number of aryl methyl sites for hydroxylation is 1. The number of anilines is 2. The Morgan fingerprint density at radius 1 is 1.15 bits per heavy atom. The second-order valence-corrected chi connectivity index (χ2v) is 8.13. The predicted octanol–water partition coefficient (Wildman–Crippen LogP) is 2.45. The van der Waals surface area contributed by atoms with Crippen molar-refractivity contribution in [3.05, 3.63) is 58.6 Å². The van der Waals surface area contributed by atoms with E-state index >= 15 is 0 Å². The number of nitrogens with one attached hydrogen (secondary N) is 3. The van der Waals surface area contributed by atoms with Crippen molar-refractivity contribution >= 4 is 38.4 Å². The molecule has 1 heterocycles. The first kappa shape index (κ1) is 18.7. The molecule has 0 aliphatic carbocycles. The number of benzene rings is 2. The molecule has 2 aromatic carbocycles. The molecule has 3 aromatic rings. The van der Waals surface area contributed by atoms with Crippen molar-refractivity contribution in [1.29, 1.82) is 0 Å². The van der Waals surface area contributed by atoms with E-state index in [1.807, 2.05) is 6.92 Å². The van der Waals surface area contributed by atoms with Gasteiger partial charge in [0.15, 0.2) is 5.58 Å². The summed E-state index contributed by atoms with van der Waals surface area (Å²) in [7, 11) is -3.69. The molecular formula is C18H19N3O5S. The molecule has 0 saturated carbocycles. The Bertz CT molecular complexity index is 1130. The summed E-state index contributed by atoms with van der Waals surface area (Å²) in [4.78, 5) is 26.0. The fourth-order valence-corrected chi connectivity index (χ4v) is 3.92. The Morgan fingerprint density at radius 3 is 2.52 bits per heavy atom. The highest BCUT2D eigenvalue weighted by Crippen LogP contribution is 2.18. The molecule has 0 fully saturated rings. The summed E-state index contributed by atoms with van der Waals surface area (Å²) in [6, 6.07) is 11.6. The molecule has 1 unspecified atom stereocenters. The van der Waals surface area contributed by atoms with Crippen LogP contribution in [0.2, 0.25) is 0 Å². The Balaban J connectivity index is 1.64. The topological polar surface area (TPSA) is 121 Å². The van der Waals surface area contributed by atoms with E-state index in [1.165, 1.54) is 13.0 Å². The van der Waals surface area contributed by atoms with Gasteiger partial charge in [-0.25, -0.2) is 13.2 Å². The number of carbonyl (C=O) groups excluding carboxylic acids is 1. The van der Waals surface area contributed by atoms with Crippen LogP contribution in [0.4, 0.5) is 11.4 Å². The minimum absolute atomic E-state index is 0.305. The van der Waals surface area contributed by atoms with Crippen LogP contribution in [0.3, 0.4) is 0 Å². The van der Waals surface area contributed by atoms with E-state index in [-0.39, 0.29) is 5.75 Å². The average Bonchev–Trinajstić information content (AvgIpc) is 2.95. The van der Waals surface area contributed by atoms with Crippen LogP contribution < -0.4 is 15.8 Å². The minimum atomic E-state index is -3.69. The molecule has 1 amide bonds. The summed E-state index contributed by atoms with van der Waals surface area (Å²) in [6.45, 7) is 3.43. The SMILES string of the molecule is Cc1ccc(NS(=O)(=O)CC(C)C(=O)Nc2ccc3[nH]c(=O)oc3c2)cc1. The van der Waals surface area contributed by atoms with Gasteiger partial charge in [0.2, 0.25) is 15.9 Å². The number of hydrogen-bond donors (Lipinski definition) is 3. The number of hydrogen-bond acceptors (Lipinski definition) is 5. The smallest absolute Gasteiger partial charge is 0.408 e. The third-order valence-corrected chi connectivity index (χ3v) is 5.42. The molecule has 0 saturated heterocycles. The van der Waals surface area contributed by atoms with Crippen molar-refractivity contribution in [1.82, 2.24) is 4.98 Å². The van der Waals surface area contributed by atoms with Gasteiger partial charge in [-0.1, -0.05) is 24.6 Å². The number of sulfonamides is 1. The zero-order valence-corrected chi connectivity index (χ0v) is 15.6. The van der Waals surface area contributed by atoms with Crippen molar-refractivity contribution in [3.8, 4) is 0 Å². The highest BCUT2D eigenvalue weighted by Gasteiger charge is 2.22. The van der Waals surface area contributed by atoms with E-state index in [0.29, 0.717) is 22.5 Å². The Morgan fingerprint density at radius 2 is 1.81 bits per heavy atom. The quantitative estimate of drug-likeness (QED) is 0.598. The number of oxazole rings is 1. The van der Waals surface area contributed by atoms with E-state index in [1.54, 1.807) is 36.4 Å². The normalized spacial score (nSPS) is 12.7. The molecule has 0 bridgehead atoms. The molecule has 27 heavy (non-hydrogen) atoms. The lowest BCUT2D eigenvalue weighted by atomic mass is 10.2. The van der Waals surface area contributed by atoms with E-state index in [9.17, 15) is 18.0 Å². The van der Waals surface area contributed by atoms with Crippen molar-refractivity contribution in [3.63, 3.8) is 0 Å². The zero-order chi connectivity index (χ0) is 19.6. The fourth-order valence-electron chi connectivity index (χ4n) is 2.54. The molecule has 1 aromatic heterocycles. The fraction of sp³-hybridized carbons (Fsp3) is 0.222. The highest BCUT2D eigenvalue weighted by atomic mass is 32.2. The number of rotatable bonds is 6. The van der Waals surface area contributed by atoms with Gasteiger partial charge >= 0.3 is 5.76 Å². The summed E-state index contributed by atoms with van der Waals surface area (Å²) in [5, 5.41) is 2.63. The summed E-state index contributed by atoms with van der Waals surface area (Å²) in [5.74, 6) is -2.20. The highest BCUT2D eigenvalue weighted by molar-refractivity contribution is 7.92. The van der Waals surface area contributed by atoms with E-state index in [0.717, 1.165) is 5.56 Å². The Hall–Kier alpha value is -3.07. The van der Waals surface area contributed by atoms with Crippen LogP contribution in [0.25, 0.3) is 11.1 Å². The summed E-state index contributed by atoms with van der Waals surface area (Å²) >= 11 is 0. The van der Waals surface area contributed by atoms with Gasteiger partial charge in [-0.05, 0) is 31.2 Å². The summed E-state index contributed by atoms with van der Waals surface area (Å²) < 4.78 is 32.0. The third kappa shape index (κ3) is 4.76. The average molecular weight is 389 g/mol. The maximum absolute atomic E-state index is 12.3. The van der Waals surface area contributed by atoms with Crippen LogP contribution >= 0.6 is 0 Å². The van der Waals surface area contributed by atoms with Crippen LogP contribution in [-0.4, -0.2) is 25.1 Å². The number of aromatic nitrogens is 1. The molecule has 0 aliphatic rings. The lowest BCUT2D eigenvalue weighted by molar-refractivity contribution is -0.118. The van der Waals surface area contributed by atoms with Gasteiger partial charge < -0.3 is 9.73 Å². The van der Waals surface area contributed by atoms with E-state index < -0.39 is 27.6 Å². The van der Waals surface area contributed by atoms with Gasteiger partial charge in [-0.15, -0.1) is 0 Å². The Labute approximate surface area is 155 Å². The van der Waals surface area contributed by atoms with E-state index in [2.05, 4.69) is 15.0 Å². The van der Waals surface area contributed by atoms with Gasteiger partial charge in [0, 0.05) is 17.4 Å². The first-order chi connectivity index (χ1) is 12.7. The first-order valence-electron chi connectivity index (χ1n) is 8.23. The second kappa shape index (κ2) is 7.28. The van der Waals surface area contributed by atoms with Crippen molar-refractivity contribution in [2.45, 2.75) is 13.8 Å². The monoisotopic (exact) mass is 389 g/mol. The number of aromatic amines is 1. The van der Waals surface area contributed by atoms with Crippen molar-refractivity contribution in [2.24, 2.45) is 5.92 Å². The second-order valence-electron chi connectivity index (χ2n) is 6.37. The van der Waals surface area contributed by atoms with Gasteiger partial charge in [0.25, 0.3) is 0 Å².